The van der Waals surface area contributed by atoms with Gasteiger partial charge >= 0.3 is 0 Å². The van der Waals surface area contributed by atoms with Crippen LogP contribution < -0.4 is 5.73 Å². The van der Waals surface area contributed by atoms with Gasteiger partial charge in [0.15, 0.2) is 0 Å². The summed E-state index contributed by atoms with van der Waals surface area (Å²) in [6.45, 7) is 2.94. The Kier molecular flexibility index (Phi) is 3.93. The Morgan fingerprint density at radius 1 is 1.41 bits per heavy atom. The lowest BCUT2D eigenvalue weighted by Gasteiger charge is -2.27. The average molecular weight is 300 g/mol. The Labute approximate surface area is 112 Å². The summed E-state index contributed by atoms with van der Waals surface area (Å²) in [5, 5.41) is 4.57. The van der Waals surface area contributed by atoms with Gasteiger partial charge in [0.05, 0.1) is 15.9 Å². The van der Waals surface area contributed by atoms with Gasteiger partial charge in [-0.25, -0.2) is 0 Å². The first kappa shape index (κ1) is 13.1. The predicted octanol–water partition coefficient (Wildman–Crippen LogP) is 2.81. The molecule has 17 heavy (non-hydrogen) atoms. The third-order valence-electron chi connectivity index (χ3n) is 4.14. The molecule has 0 aliphatic heterocycles. The van der Waals surface area contributed by atoms with Crippen LogP contribution in [0, 0.1) is 5.41 Å². The van der Waals surface area contributed by atoms with Gasteiger partial charge in [0.1, 0.15) is 0 Å². The van der Waals surface area contributed by atoms with E-state index >= 15 is 0 Å². The molecule has 1 fully saturated rings. The van der Waals surface area contributed by atoms with E-state index in [0.717, 1.165) is 25.1 Å². The summed E-state index contributed by atoms with van der Waals surface area (Å²) >= 11 is 3.70. The van der Waals surface area contributed by atoms with Crippen molar-refractivity contribution in [2.24, 2.45) is 18.2 Å². The van der Waals surface area contributed by atoms with Crippen molar-refractivity contribution in [2.75, 3.05) is 6.54 Å². The van der Waals surface area contributed by atoms with Crippen LogP contribution in [-0.4, -0.2) is 16.3 Å². The third kappa shape index (κ3) is 2.43. The van der Waals surface area contributed by atoms with Crippen molar-refractivity contribution >= 4 is 15.9 Å². The molecule has 1 aliphatic carbocycles. The molecular weight excluding hydrogens is 278 g/mol. The summed E-state index contributed by atoms with van der Waals surface area (Å²) in [5.74, 6) is 0. The highest BCUT2D eigenvalue weighted by Gasteiger charge is 2.34. The van der Waals surface area contributed by atoms with Gasteiger partial charge in [-0.1, -0.05) is 19.8 Å². The lowest BCUT2D eigenvalue weighted by Crippen LogP contribution is -2.30. The molecule has 2 rings (SSSR count). The van der Waals surface area contributed by atoms with Crippen LogP contribution in [0.1, 0.15) is 44.0 Å². The highest BCUT2D eigenvalue weighted by atomic mass is 79.9. The maximum atomic E-state index is 6.01. The molecule has 1 saturated carbocycles. The van der Waals surface area contributed by atoms with Crippen molar-refractivity contribution in [1.82, 2.24) is 9.78 Å². The zero-order valence-electron chi connectivity index (χ0n) is 10.8. The first-order chi connectivity index (χ1) is 8.12. The highest BCUT2D eigenvalue weighted by molar-refractivity contribution is 9.10. The van der Waals surface area contributed by atoms with E-state index in [1.807, 2.05) is 11.7 Å². The molecule has 0 radical (unpaired) electrons. The standard InChI is InChI=1S/C13H22BrN3/c1-3-10-12(14)11(17(2)16-10)8-13(9-15)6-4-5-7-13/h3-9,15H2,1-2H3. The first-order valence-electron chi connectivity index (χ1n) is 6.52. The molecule has 0 atom stereocenters. The number of nitrogens with two attached hydrogens (primary N) is 1. The molecule has 0 saturated heterocycles. The Morgan fingerprint density at radius 2 is 2.06 bits per heavy atom. The van der Waals surface area contributed by atoms with Gasteiger partial charge in [-0.05, 0) is 53.6 Å². The minimum atomic E-state index is 0.321. The smallest absolute Gasteiger partial charge is 0.0766 e. The van der Waals surface area contributed by atoms with Crippen LogP contribution in [0.2, 0.25) is 0 Å². The quantitative estimate of drug-likeness (QED) is 0.929. The lowest BCUT2D eigenvalue weighted by molar-refractivity contribution is 0.298. The Balaban J connectivity index is 2.25. The third-order valence-corrected chi connectivity index (χ3v) is 5.06. The number of aromatic nitrogens is 2. The molecule has 2 N–H and O–H groups in total. The maximum Gasteiger partial charge on any atom is 0.0766 e. The summed E-state index contributed by atoms with van der Waals surface area (Å²) in [6.07, 6.45) is 7.23. The van der Waals surface area contributed by atoms with Crippen LogP contribution >= 0.6 is 15.9 Å². The fraction of sp³-hybridized carbons (Fsp3) is 0.769. The number of hydrogen-bond acceptors (Lipinski definition) is 2. The van der Waals surface area contributed by atoms with E-state index < -0.39 is 0 Å². The number of aryl methyl sites for hydroxylation is 2. The first-order valence-corrected chi connectivity index (χ1v) is 7.31. The van der Waals surface area contributed by atoms with E-state index in [1.165, 1.54) is 35.8 Å². The summed E-state index contributed by atoms with van der Waals surface area (Å²) in [7, 11) is 2.04. The van der Waals surface area contributed by atoms with E-state index in [4.69, 9.17) is 5.73 Å². The number of rotatable bonds is 4. The molecule has 0 amide bonds. The largest absolute Gasteiger partial charge is 0.330 e. The number of halogens is 1. The molecule has 0 unspecified atom stereocenters. The molecule has 1 aromatic rings. The Bertz CT molecular complexity index is 392. The monoisotopic (exact) mass is 299 g/mol. The van der Waals surface area contributed by atoms with Crippen LogP contribution in [0.5, 0.6) is 0 Å². The van der Waals surface area contributed by atoms with Crippen LogP contribution in [-0.2, 0) is 19.9 Å². The van der Waals surface area contributed by atoms with Crippen molar-refractivity contribution < 1.29 is 0 Å². The Morgan fingerprint density at radius 3 is 2.53 bits per heavy atom. The van der Waals surface area contributed by atoms with E-state index in [9.17, 15) is 0 Å². The highest BCUT2D eigenvalue weighted by Crippen LogP contribution is 2.41. The van der Waals surface area contributed by atoms with Crippen LogP contribution in [0.15, 0.2) is 4.47 Å². The second kappa shape index (κ2) is 5.11. The van der Waals surface area contributed by atoms with Crippen molar-refractivity contribution in [2.45, 2.75) is 45.4 Å². The molecule has 1 aliphatic rings. The average Bonchev–Trinajstić information content (AvgIpc) is 2.90. The maximum absolute atomic E-state index is 6.01. The Hall–Kier alpha value is -0.350. The number of nitrogens with zero attached hydrogens (tertiary/aromatic N) is 2. The summed E-state index contributed by atoms with van der Waals surface area (Å²) in [5.41, 5.74) is 8.81. The fourth-order valence-corrected chi connectivity index (χ4v) is 3.70. The van der Waals surface area contributed by atoms with Crippen molar-refractivity contribution in [1.29, 1.82) is 0 Å². The summed E-state index contributed by atoms with van der Waals surface area (Å²) in [6, 6.07) is 0. The molecule has 3 nitrogen and oxygen atoms in total. The van der Waals surface area contributed by atoms with Gasteiger partial charge in [0.2, 0.25) is 0 Å². The van der Waals surface area contributed by atoms with Gasteiger partial charge in [-0.3, -0.25) is 4.68 Å². The number of hydrogen-bond donors (Lipinski definition) is 1. The van der Waals surface area contributed by atoms with Gasteiger partial charge in [0.25, 0.3) is 0 Å². The summed E-state index contributed by atoms with van der Waals surface area (Å²) in [4.78, 5) is 0. The minimum absolute atomic E-state index is 0.321. The second-order valence-electron chi connectivity index (χ2n) is 5.27. The molecule has 0 aromatic carbocycles. The predicted molar refractivity (Wildman–Crippen MR) is 73.9 cm³/mol. The van der Waals surface area contributed by atoms with E-state index in [1.54, 1.807) is 0 Å². The molecule has 1 aromatic heterocycles. The molecular formula is C13H22BrN3. The van der Waals surface area contributed by atoms with Crippen molar-refractivity contribution in [3.63, 3.8) is 0 Å². The second-order valence-corrected chi connectivity index (χ2v) is 6.07. The van der Waals surface area contributed by atoms with Gasteiger partial charge < -0.3 is 5.73 Å². The molecule has 1 heterocycles. The molecule has 0 spiro atoms. The molecule has 4 heteroatoms. The SMILES string of the molecule is CCc1nn(C)c(CC2(CN)CCCC2)c1Br. The molecule has 0 bridgehead atoms. The zero-order valence-corrected chi connectivity index (χ0v) is 12.4. The van der Waals surface area contributed by atoms with Crippen LogP contribution in [0.3, 0.4) is 0 Å². The summed E-state index contributed by atoms with van der Waals surface area (Å²) < 4.78 is 3.22. The normalized spacial score (nSPS) is 18.8. The van der Waals surface area contributed by atoms with E-state index in [-0.39, 0.29) is 0 Å². The van der Waals surface area contributed by atoms with Gasteiger partial charge in [0, 0.05) is 7.05 Å². The topological polar surface area (TPSA) is 43.8 Å². The zero-order chi connectivity index (χ0) is 12.5. The van der Waals surface area contributed by atoms with Crippen LogP contribution in [0.25, 0.3) is 0 Å². The van der Waals surface area contributed by atoms with Crippen molar-refractivity contribution in [3.8, 4) is 0 Å². The van der Waals surface area contributed by atoms with E-state index in [2.05, 4.69) is 28.0 Å². The van der Waals surface area contributed by atoms with E-state index in [0.29, 0.717) is 5.41 Å². The van der Waals surface area contributed by atoms with Crippen LogP contribution in [0.4, 0.5) is 0 Å². The van der Waals surface area contributed by atoms with Gasteiger partial charge in [-0.15, -0.1) is 0 Å². The minimum Gasteiger partial charge on any atom is -0.330 e. The van der Waals surface area contributed by atoms with Gasteiger partial charge in [-0.2, -0.15) is 5.10 Å². The molecule has 96 valence electrons. The van der Waals surface area contributed by atoms with Crippen molar-refractivity contribution in [3.05, 3.63) is 15.9 Å². The lowest BCUT2D eigenvalue weighted by atomic mass is 9.81. The fourth-order valence-electron chi connectivity index (χ4n) is 2.95.